The molecule has 2 heterocycles. The number of carbonyl (C=O) groups excluding carboxylic acids is 1. The summed E-state index contributed by atoms with van der Waals surface area (Å²) in [4.78, 5) is 15.8. The molecule has 1 unspecified atom stereocenters. The largest absolute Gasteiger partial charge is 0.466 e. The topological polar surface area (TPSA) is 51.2 Å². The van der Waals surface area contributed by atoms with Gasteiger partial charge in [-0.25, -0.2) is 4.98 Å². The van der Waals surface area contributed by atoms with Crippen LogP contribution in [0.1, 0.15) is 44.2 Å². The van der Waals surface area contributed by atoms with Crippen molar-refractivity contribution in [1.29, 1.82) is 0 Å². The number of rotatable bonds is 7. The molecule has 2 rings (SSSR count). The van der Waals surface area contributed by atoms with Crippen LogP contribution in [-0.2, 0) is 9.53 Å². The zero-order valence-corrected chi connectivity index (χ0v) is 12.7. The Morgan fingerprint density at radius 2 is 2.50 bits per heavy atom. The molecule has 0 spiro atoms. The van der Waals surface area contributed by atoms with Crippen molar-refractivity contribution in [2.24, 2.45) is 0 Å². The van der Waals surface area contributed by atoms with Gasteiger partial charge in [-0.05, 0) is 38.8 Å². The highest BCUT2D eigenvalue weighted by atomic mass is 32.2. The molecule has 20 heavy (non-hydrogen) atoms. The summed E-state index contributed by atoms with van der Waals surface area (Å²) >= 11 is 1.74. The van der Waals surface area contributed by atoms with Gasteiger partial charge in [0.05, 0.1) is 6.61 Å². The molecule has 1 N–H and O–H groups in total. The molecule has 1 atom stereocenters. The summed E-state index contributed by atoms with van der Waals surface area (Å²) in [5.41, 5.74) is 1.30. The highest BCUT2D eigenvalue weighted by Gasteiger charge is 2.19. The number of esters is 1. The maximum atomic E-state index is 11.3. The second-order valence-electron chi connectivity index (χ2n) is 4.80. The van der Waals surface area contributed by atoms with Crippen molar-refractivity contribution >= 4 is 17.7 Å². The smallest absolute Gasteiger partial charge is 0.305 e. The molecule has 0 saturated carbocycles. The van der Waals surface area contributed by atoms with Crippen LogP contribution in [0.25, 0.3) is 0 Å². The Labute approximate surface area is 124 Å². The Morgan fingerprint density at radius 3 is 3.25 bits per heavy atom. The monoisotopic (exact) mass is 294 g/mol. The summed E-state index contributed by atoms with van der Waals surface area (Å²) in [7, 11) is 0. The van der Waals surface area contributed by atoms with Crippen LogP contribution in [0.2, 0.25) is 0 Å². The first kappa shape index (κ1) is 15.3. The minimum absolute atomic E-state index is 0.105. The lowest BCUT2D eigenvalue weighted by Crippen LogP contribution is -2.14. The van der Waals surface area contributed by atoms with Gasteiger partial charge in [0.2, 0.25) is 0 Å². The van der Waals surface area contributed by atoms with E-state index in [2.05, 4.69) is 16.4 Å². The van der Waals surface area contributed by atoms with Gasteiger partial charge in [0.25, 0.3) is 0 Å². The number of ether oxygens (including phenoxy) is 1. The predicted molar refractivity (Wildman–Crippen MR) is 80.8 cm³/mol. The average Bonchev–Trinajstić information content (AvgIpc) is 2.98. The van der Waals surface area contributed by atoms with Gasteiger partial charge >= 0.3 is 5.97 Å². The number of thioether (sulfide) groups is 1. The van der Waals surface area contributed by atoms with Gasteiger partial charge in [0.15, 0.2) is 0 Å². The van der Waals surface area contributed by atoms with E-state index in [1.807, 2.05) is 19.2 Å². The Balaban J connectivity index is 1.82. The Hall–Kier alpha value is -1.07. The second kappa shape index (κ2) is 8.27. The molecule has 1 saturated heterocycles. The zero-order chi connectivity index (χ0) is 14.2. The summed E-state index contributed by atoms with van der Waals surface area (Å²) in [5.74, 6) is 0.794. The minimum Gasteiger partial charge on any atom is -0.466 e. The van der Waals surface area contributed by atoms with Crippen LogP contribution in [0.3, 0.4) is 0 Å². The number of hydrogen-bond donors (Lipinski definition) is 1. The summed E-state index contributed by atoms with van der Waals surface area (Å²) < 4.78 is 4.93. The molecule has 1 aliphatic rings. The van der Waals surface area contributed by atoms with Crippen LogP contribution in [0, 0.1) is 0 Å². The van der Waals surface area contributed by atoms with E-state index in [1.165, 1.54) is 18.4 Å². The van der Waals surface area contributed by atoms with E-state index in [0.717, 1.165) is 23.7 Å². The van der Waals surface area contributed by atoms with E-state index in [1.54, 1.807) is 11.8 Å². The lowest BCUT2D eigenvalue weighted by Gasteiger charge is -2.14. The Kier molecular flexibility index (Phi) is 6.33. The number of nitrogens with one attached hydrogen (secondary N) is 1. The third kappa shape index (κ3) is 4.49. The lowest BCUT2D eigenvalue weighted by atomic mass is 10.1. The maximum Gasteiger partial charge on any atom is 0.305 e. The standard InChI is InChI=1S/C15H22N2O2S/c1-2-19-14(18)8-5-11-20-15-12(6-3-10-17-15)13-7-4-9-16-13/h3,6,10,13,16H,2,4-5,7-9,11H2,1H3. The highest BCUT2D eigenvalue weighted by Crippen LogP contribution is 2.30. The third-order valence-electron chi connectivity index (χ3n) is 3.31. The third-order valence-corrected chi connectivity index (χ3v) is 4.41. The maximum absolute atomic E-state index is 11.3. The molecule has 0 radical (unpaired) electrons. The Morgan fingerprint density at radius 1 is 1.60 bits per heavy atom. The van der Waals surface area contributed by atoms with Gasteiger partial charge in [-0.15, -0.1) is 11.8 Å². The van der Waals surface area contributed by atoms with E-state index in [4.69, 9.17) is 4.74 Å². The molecule has 0 amide bonds. The number of nitrogens with zero attached hydrogens (tertiary/aromatic N) is 1. The van der Waals surface area contributed by atoms with Crippen molar-refractivity contribution < 1.29 is 9.53 Å². The van der Waals surface area contributed by atoms with E-state index < -0.39 is 0 Å². The van der Waals surface area contributed by atoms with Gasteiger partial charge in [-0.3, -0.25) is 4.79 Å². The number of carbonyl (C=O) groups is 1. The molecular weight excluding hydrogens is 272 g/mol. The van der Waals surface area contributed by atoms with Crippen molar-refractivity contribution in [3.63, 3.8) is 0 Å². The van der Waals surface area contributed by atoms with E-state index in [9.17, 15) is 4.79 Å². The fourth-order valence-electron chi connectivity index (χ4n) is 2.36. The summed E-state index contributed by atoms with van der Waals surface area (Å²) in [5, 5.41) is 4.60. The number of hydrogen-bond acceptors (Lipinski definition) is 5. The van der Waals surface area contributed by atoms with E-state index >= 15 is 0 Å². The molecule has 0 aliphatic carbocycles. The number of aromatic nitrogens is 1. The molecule has 1 fully saturated rings. The van der Waals surface area contributed by atoms with Crippen LogP contribution in [0.4, 0.5) is 0 Å². The van der Waals surface area contributed by atoms with Crippen LogP contribution >= 0.6 is 11.8 Å². The summed E-state index contributed by atoms with van der Waals surface area (Å²) in [6, 6.07) is 4.60. The molecule has 1 aromatic heterocycles. The minimum atomic E-state index is -0.105. The molecule has 5 heteroatoms. The fourth-order valence-corrected chi connectivity index (χ4v) is 3.35. The van der Waals surface area contributed by atoms with Gasteiger partial charge in [0.1, 0.15) is 5.03 Å². The van der Waals surface area contributed by atoms with Crippen molar-refractivity contribution in [3.8, 4) is 0 Å². The number of pyridine rings is 1. The second-order valence-corrected chi connectivity index (χ2v) is 5.89. The summed E-state index contributed by atoms with van der Waals surface area (Å²) in [6.07, 6.45) is 5.57. The SMILES string of the molecule is CCOC(=O)CCCSc1ncccc1C1CCCN1. The first-order valence-corrected chi connectivity index (χ1v) is 8.26. The van der Waals surface area contributed by atoms with Crippen LogP contribution in [-0.4, -0.2) is 29.9 Å². The van der Waals surface area contributed by atoms with Gasteiger partial charge in [0, 0.05) is 30.0 Å². The van der Waals surface area contributed by atoms with Crippen molar-refractivity contribution in [3.05, 3.63) is 23.9 Å². The lowest BCUT2D eigenvalue weighted by molar-refractivity contribution is -0.143. The molecule has 110 valence electrons. The van der Waals surface area contributed by atoms with Gasteiger partial charge in [-0.1, -0.05) is 6.07 Å². The fraction of sp³-hybridized carbons (Fsp3) is 0.600. The van der Waals surface area contributed by atoms with Crippen LogP contribution in [0.15, 0.2) is 23.4 Å². The molecule has 1 aromatic rings. The van der Waals surface area contributed by atoms with Crippen molar-refractivity contribution in [2.75, 3.05) is 18.9 Å². The molecule has 1 aliphatic heterocycles. The molecule has 0 bridgehead atoms. The van der Waals surface area contributed by atoms with Gasteiger partial charge in [-0.2, -0.15) is 0 Å². The van der Waals surface area contributed by atoms with E-state index in [-0.39, 0.29) is 5.97 Å². The van der Waals surface area contributed by atoms with Crippen molar-refractivity contribution in [2.45, 2.75) is 43.7 Å². The molecular formula is C15H22N2O2S. The highest BCUT2D eigenvalue weighted by molar-refractivity contribution is 7.99. The Bertz CT molecular complexity index is 434. The van der Waals surface area contributed by atoms with Crippen molar-refractivity contribution in [1.82, 2.24) is 10.3 Å². The first-order valence-electron chi connectivity index (χ1n) is 7.28. The zero-order valence-electron chi connectivity index (χ0n) is 11.9. The molecule has 4 nitrogen and oxygen atoms in total. The van der Waals surface area contributed by atoms with Crippen LogP contribution < -0.4 is 5.32 Å². The molecule has 0 aromatic carbocycles. The quantitative estimate of drug-likeness (QED) is 0.476. The first-order chi connectivity index (χ1) is 9.81. The van der Waals surface area contributed by atoms with Crippen LogP contribution in [0.5, 0.6) is 0 Å². The predicted octanol–water partition coefficient (Wildman–Crippen LogP) is 2.94. The van der Waals surface area contributed by atoms with Gasteiger partial charge < -0.3 is 10.1 Å². The summed E-state index contributed by atoms with van der Waals surface area (Å²) in [6.45, 7) is 3.39. The van der Waals surface area contributed by atoms with E-state index in [0.29, 0.717) is 19.1 Å². The normalized spacial score (nSPS) is 18.1. The average molecular weight is 294 g/mol.